The van der Waals surface area contributed by atoms with E-state index in [4.69, 9.17) is 16.3 Å². The molecule has 0 bridgehead atoms. The van der Waals surface area contributed by atoms with Gasteiger partial charge in [0.05, 0.1) is 10.7 Å². The number of amides is 1. The van der Waals surface area contributed by atoms with E-state index in [1.54, 1.807) is 12.1 Å². The van der Waals surface area contributed by atoms with Crippen molar-refractivity contribution in [3.63, 3.8) is 0 Å². The number of carbonyl (C=O) groups excluding carboxylic acids is 1. The summed E-state index contributed by atoms with van der Waals surface area (Å²) in [4.78, 5) is 11.8. The van der Waals surface area contributed by atoms with E-state index in [-0.39, 0.29) is 12.5 Å². The summed E-state index contributed by atoms with van der Waals surface area (Å²) in [6.07, 6.45) is 0. The fraction of sp³-hybridized carbons (Fsp3) is 0.188. The van der Waals surface area contributed by atoms with Gasteiger partial charge in [-0.25, -0.2) is 0 Å². The largest absolute Gasteiger partial charge is 0.483 e. The Balaban J connectivity index is 1.96. The first-order chi connectivity index (χ1) is 9.58. The number of para-hydroxylation sites is 1. The van der Waals surface area contributed by atoms with Gasteiger partial charge in [0.15, 0.2) is 6.61 Å². The predicted molar refractivity (Wildman–Crippen MR) is 81.5 cm³/mol. The zero-order valence-corrected chi connectivity index (χ0v) is 12.2. The Morgan fingerprint density at radius 1 is 1.15 bits per heavy atom. The fourth-order valence-electron chi connectivity index (χ4n) is 1.77. The molecule has 0 aliphatic rings. The predicted octanol–water partition coefficient (Wildman–Crippen LogP) is 3.97. The molecule has 3 nitrogen and oxygen atoms in total. The summed E-state index contributed by atoms with van der Waals surface area (Å²) in [5, 5.41) is 3.23. The molecule has 0 atom stereocenters. The van der Waals surface area contributed by atoms with Crippen LogP contribution in [0.5, 0.6) is 5.75 Å². The molecule has 0 aliphatic heterocycles. The van der Waals surface area contributed by atoms with Crippen LogP contribution in [0.4, 0.5) is 5.69 Å². The second kappa shape index (κ2) is 6.44. The summed E-state index contributed by atoms with van der Waals surface area (Å²) in [5.74, 6) is 0.485. The van der Waals surface area contributed by atoms with Crippen molar-refractivity contribution in [2.45, 2.75) is 13.8 Å². The number of halogens is 1. The van der Waals surface area contributed by atoms with Crippen LogP contribution in [-0.2, 0) is 4.79 Å². The molecule has 0 saturated carbocycles. The van der Waals surface area contributed by atoms with Crippen LogP contribution in [0.1, 0.15) is 11.1 Å². The molecule has 0 unspecified atom stereocenters. The van der Waals surface area contributed by atoms with Crippen LogP contribution in [0, 0.1) is 13.8 Å². The van der Waals surface area contributed by atoms with E-state index >= 15 is 0 Å². The summed E-state index contributed by atoms with van der Waals surface area (Å²) in [6.45, 7) is 3.93. The molecule has 104 valence electrons. The molecule has 0 spiro atoms. The van der Waals surface area contributed by atoms with E-state index in [1.807, 2.05) is 44.2 Å². The Hall–Kier alpha value is -2.00. The van der Waals surface area contributed by atoms with Crippen LogP contribution in [0.25, 0.3) is 0 Å². The van der Waals surface area contributed by atoms with Gasteiger partial charge in [-0.3, -0.25) is 4.79 Å². The highest BCUT2D eigenvalue weighted by Gasteiger charge is 2.08. The number of benzene rings is 2. The van der Waals surface area contributed by atoms with E-state index in [9.17, 15) is 4.79 Å². The Bertz CT molecular complexity index is 626. The van der Waals surface area contributed by atoms with Gasteiger partial charge in [0.2, 0.25) is 0 Å². The summed E-state index contributed by atoms with van der Waals surface area (Å²) < 4.78 is 5.54. The zero-order chi connectivity index (χ0) is 14.5. The van der Waals surface area contributed by atoms with Crippen LogP contribution < -0.4 is 10.1 Å². The first kappa shape index (κ1) is 14.4. The maximum atomic E-state index is 11.8. The van der Waals surface area contributed by atoms with Crippen molar-refractivity contribution < 1.29 is 9.53 Å². The Morgan fingerprint density at radius 3 is 2.65 bits per heavy atom. The minimum Gasteiger partial charge on any atom is -0.483 e. The van der Waals surface area contributed by atoms with Crippen LogP contribution >= 0.6 is 11.6 Å². The van der Waals surface area contributed by atoms with E-state index in [1.165, 1.54) is 0 Å². The highest BCUT2D eigenvalue weighted by molar-refractivity contribution is 6.33. The first-order valence-corrected chi connectivity index (χ1v) is 6.69. The van der Waals surface area contributed by atoms with Crippen molar-refractivity contribution >= 4 is 23.2 Å². The molecule has 1 amide bonds. The van der Waals surface area contributed by atoms with Crippen LogP contribution in [0.3, 0.4) is 0 Å². The second-order valence-electron chi connectivity index (χ2n) is 4.51. The van der Waals surface area contributed by atoms with Crippen molar-refractivity contribution in [2.24, 2.45) is 0 Å². The van der Waals surface area contributed by atoms with Crippen molar-refractivity contribution in [2.75, 3.05) is 11.9 Å². The SMILES string of the molecule is Cc1cccc(OCC(=O)Nc2ccccc2Cl)c1C. The lowest BCUT2D eigenvalue weighted by Crippen LogP contribution is -2.20. The maximum Gasteiger partial charge on any atom is 0.262 e. The molecule has 0 radical (unpaired) electrons. The van der Waals surface area contributed by atoms with Gasteiger partial charge < -0.3 is 10.1 Å². The van der Waals surface area contributed by atoms with Crippen molar-refractivity contribution in [1.82, 2.24) is 0 Å². The van der Waals surface area contributed by atoms with E-state index in [0.29, 0.717) is 10.7 Å². The lowest BCUT2D eigenvalue weighted by Gasteiger charge is -2.11. The number of rotatable bonds is 4. The van der Waals surface area contributed by atoms with Crippen LogP contribution in [-0.4, -0.2) is 12.5 Å². The van der Waals surface area contributed by atoms with Gasteiger partial charge in [-0.2, -0.15) is 0 Å². The zero-order valence-electron chi connectivity index (χ0n) is 11.4. The third kappa shape index (κ3) is 3.52. The Labute approximate surface area is 123 Å². The number of ether oxygens (including phenoxy) is 1. The summed E-state index contributed by atoms with van der Waals surface area (Å²) in [6, 6.07) is 12.9. The van der Waals surface area contributed by atoms with Gasteiger partial charge in [-0.1, -0.05) is 35.9 Å². The number of hydrogen-bond donors (Lipinski definition) is 1. The standard InChI is InChI=1S/C16H16ClNO2/c1-11-6-5-9-15(12(11)2)20-10-16(19)18-14-8-4-3-7-13(14)17/h3-9H,10H2,1-2H3,(H,18,19). The average molecular weight is 290 g/mol. The minimum atomic E-state index is -0.237. The highest BCUT2D eigenvalue weighted by atomic mass is 35.5. The quantitative estimate of drug-likeness (QED) is 0.925. The van der Waals surface area contributed by atoms with Crippen LogP contribution in [0.2, 0.25) is 5.02 Å². The molecule has 0 aliphatic carbocycles. The topological polar surface area (TPSA) is 38.3 Å². The number of aryl methyl sites for hydroxylation is 1. The molecule has 2 rings (SSSR count). The molecule has 2 aromatic rings. The normalized spacial score (nSPS) is 10.2. The van der Waals surface area contributed by atoms with E-state index < -0.39 is 0 Å². The van der Waals surface area contributed by atoms with Crippen molar-refractivity contribution in [3.05, 3.63) is 58.6 Å². The number of nitrogens with one attached hydrogen (secondary N) is 1. The first-order valence-electron chi connectivity index (χ1n) is 6.31. The molecule has 0 aromatic heterocycles. The molecule has 1 N–H and O–H groups in total. The Morgan fingerprint density at radius 2 is 1.90 bits per heavy atom. The average Bonchev–Trinajstić information content (AvgIpc) is 2.43. The monoisotopic (exact) mass is 289 g/mol. The Kier molecular flexibility index (Phi) is 4.64. The second-order valence-corrected chi connectivity index (χ2v) is 4.92. The third-order valence-corrected chi connectivity index (χ3v) is 3.39. The van der Waals surface area contributed by atoms with Gasteiger partial charge >= 0.3 is 0 Å². The molecule has 20 heavy (non-hydrogen) atoms. The van der Waals surface area contributed by atoms with Gasteiger partial charge in [0.1, 0.15) is 5.75 Å². The molecule has 0 fully saturated rings. The number of carbonyl (C=O) groups is 1. The fourth-order valence-corrected chi connectivity index (χ4v) is 1.96. The van der Waals surface area contributed by atoms with Gasteiger partial charge in [0, 0.05) is 0 Å². The molecular weight excluding hydrogens is 274 g/mol. The van der Waals surface area contributed by atoms with Gasteiger partial charge in [-0.05, 0) is 43.2 Å². The summed E-state index contributed by atoms with van der Waals surface area (Å²) in [7, 11) is 0. The molecule has 4 heteroatoms. The van der Waals surface area contributed by atoms with Crippen molar-refractivity contribution in [1.29, 1.82) is 0 Å². The smallest absolute Gasteiger partial charge is 0.262 e. The molecule has 0 heterocycles. The van der Waals surface area contributed by atoms with Crippen LogP contribution in [0.15, 0.2) is 42.5 Å². The van der Waals surface area contributed by atoms with E-state index in [0.717, 1.165) is 16.9 Å². The van der Waals surface area contributed by atoms with Gasteiger partial charge in [-0.15, -0.1) is 0 Å². The summed E-state index contributed by atoms with van der Waals surface area (Å²) >= 11 is 5.98. The summed E-state index contributed by atoms with van der Waals surface area (Å²) in [5.41, 5.74) is 2.76. The number of anilines is 1. The van der Waals surface area contributed by atoms with Gasteiger partial charge in [0.25, 0.3) is 5.91 Å². The molecular formula is C16H16ClNO2. The highest BCUT2D eigenvalue weighted by Crippen LogP contribution is 2.22. The molecule has 0 saturated heterocycles. The van der Waals surface area contributed by atoms with E-state index in [2.05, 4.69) is 5.32 Å². The minimum absolute atomic E-state index is 0.0461. The lowest BCUT2D eigenvalue weighted by atomic mass is 10.1. The maximum absolute atomic E-state index is 11.8. The number of hydrogen-bond acceptors (Lipinski definition) is 2. The van der Waals surface area contributed by atoms with Crippen molar-refractivity contribution in [3.8, 4) is 5.75 Å². The lowest BCUT2D eigenvalue weighted by molar-refractivity contribution is -0.118. The third-order valence-electron chi connectivity index (χ3n) is 3.06. The molecule has 2 aromatic carbocycles.